The maximum atomic E-state index is 12.2. The minimum absolute atomic E-state index is 0.0355. The zero-order valence-electron chi connectivity index (χ0n) is 13.6. The molecule has 21 heavy (non-hydrogen) atoms. The van der Waals surface area contributed by atoms with E-state index in [1.165, 1.54) is 29.8 Å². The summed E-state index contributed by atoms with van der Waals surface area (Å²) < 4.78 is 24.4. The fourth-order valence-electron chi connectivity index (χ4n) is 2.78. The van der Waals surface area contributed by atoms with E-state index in [1.54, 1.807) is 0 Å². The molecule has 1 fully saturated rings. The summed E-state index contributed by atoms with van der Waals surface area (Å²) >= 11 is 0. The van der Waals surface area contributed by atoms with E-state index in [-0.39, 0.29) is 11.8 Å². The zero-order valence-corrected chi connectivity index (χ0v) is 14.4. The number of nitrogens with one attached hydrogen (secondary N) is 1. The molecule has 0 aromatic heterocycles. The van der Waals surface area contributed by atoms with E-state index in [0.717, 1.165) is 13.0 Å². The van der Waals surface area contributed by atoms with Crippen LogP contribution in [0.5, 0.6) is 0 Å². The fraction of sp³-hybridized carbons (Fsp3) is 0.933. The average molecular weight is 318 g/mol. The van der Waals surface area contributed by atoms with Crippen LogP contribution in [0.1, 0.15) is 52.4 Å². The van der Waals surface area contributed by atoms with Gasteiger partial charge >= 0.3 is 0 Å². The lowest BCUT2D eigenvalue weighted by molar-refractivity contribution is -0.126. The van der Waals surface area contributed by atoms with Crippen molar-refractivity contribution >= 4 is 15.9 Å². The van der Waals surface area contributed by atoms with Crippen LogP contribution in [0.3, 0.4) is 0 Å². The lowest BCUT2D eigenvalue weighted by atomic mass is 9.95. The first-order valence-electron chi connectivity index (χ1n) is 8.11. The van der Waals surface area contributed by atoms with E-state index in [2.05, 4.69) is 19.2 Å². The molecule has 0 aromatic rings. The van der Waals surface area contributed by atoms with Gasteiger partial charge in [-0.3, -0.25) is 4.79 Å². The second-order valence-electron chi connectivity index (χ2n) is 6.10. The van der Waals surface area contributed by atoms with Crippen molar-refractivity contribution < 1.29 is 13.2 Å². The molecule has 1 heterocycles. The van der Waals surface area contributed by atoms with Crippen LogP contribution in [0.2, 0.25) is 0 Å². The molecule has 0 radical (unpaired) electrons. The normalized spacial score (nSPS) is 19.4. The molecule has 1 saturated heterocycles. The highest BCUT2D eigenvalue weighted by Crippen LogP contribution is 2.19. The Morgan fingerprint density at radius 3 is 2.38 bits per heavy atom. The van der Waals surface area contributed by atoms with E-state index >= 15 is 0 Å². The molecule has 1 aliphatic heterocycles. The van der Waals surface area contributed by atoms with E-state index in [9.17, 15) is 13.2 Å². The summed E-state index contributed by atoms with van der Waals surface area (Å²) in [5.41, 5.74) is 0. The number of rotatable bonds is 8. The SMILES string of the molecule is CCCCC(CC)CNC(=O)C1CCN(S(C)(=O)=O)CC1. The van der Waals surface area contributed by atoms with Gasteiger partial charge in [-0.2, -0.15) is 0 Å². The minimum atomic E-state index is -3.11. The van der Waals surface area contributed by atoms with Gasteiger partial charge in [0.1, 0.15) is 0 Å². The summed E-state index contributed by atoms with van der Waals surface area (Å²) in [5.74, 6) is 0.620. The minimum Gasteiger partial charge on any atom is -0.356 e. The van der Waals surface area contributed by atoms with Crippen LogP contribution < -0.4 is 5.32 Å². The van der Waals surface area contributed by atoms with E-state index < -0.39 is 10.0 Å². The van der Waals surface area contributed by atoms with Gasteiger partial charge in [0.2, 0.25) is 15.9 Å². The second kappa shape index (κ2) is 8.73. The number of amides is 1. The molecule has 5 nitrogen and oxygen atoms in total. The molecule has 124 valence electrons. The van der Waals surface area contributed by atoms with E-state index in [1.807, 2.05) is 0 Å². The number of piperidine rings is 1. The topological polar surface area (TPSA) is 66.5 Å². The summed E-state index contributed by atoms with van der Waals surface area (Å²) in [6.07, 6.45) is 7.14. The Bertz CT molecular complexity index is 415. The predicted octanol–water partition coefficient (Wildman–Crippen LogP) is 1.99. The van der Waals surface area contributed by atoms with Crippen molar-refractivity contribution in [2.45, 2.75) is 52.4 Å². The second-order valence-corrected chi connectivity index (χ2v) is 8.08. The molecule has 0 aliphatic carbocycles. The van der Waals surface area contributed by atoms with Crippen LogP contribution in [-0.4, -0.2) is 44.5 Å². The molecule has 0 saturated carbocycles. The Hall–Kier alpha value is -0.620. The molecule has 0 spiro atoms. The maximum Gasteiger partial charge on any atom is 0.223 e. The van der Waals surface area contributed by atoms with Crippen LogP contribution in [0.15, 0.2) is 0 Å². The largest absolute Gasteiger partial charge is 0.356 e. The first kappa shape index (κ1) is 18.4. The van der Waals surface area contributed by atoms with Crippen molar-refractivity contribution in [3.8, 4) is 0 Å². The lowest BCUT2D eigenvalue weighted by Crippen LogP contribution is -2.43. The molecule has 0 bridgehead atoms. The molecule has 1 N–H and O–H groups in total. The number of nitrogens with zero attached hydrogens (tertiary/aromatic N) is 1. The van der Waals surface area contributed by atoms with Crippen molar-refractivity contribution in [3.05, 3.63) is 0 Å². The summed E-state index contributed by atoms with van der Waals surface area (Å²) in [4.78, 5) is 12.2. The monoisotopic (exact) mass is 318 g/mol. The van der Waals surface area contributed by atoms with Crippen LogP contribution in [-0.2, 0) is 14.8 Å². The average Bonchev–Trinajstić information content (AvgIpc) is 2.46. The van der Waals surface area contributed by atoms with Crippen molar-refractivity contribution in [2.24, 2.45) is 11.8 Å². The summed E-state index contributed by atoms with van der Waals surface area (Å²) in [5, 5.41) is 3.06. The Labute approximate surface area is 129 Å². The van der Waals surface area contributed by atoms with Crippen LogP contribution in [0.4, 0.5) is 0 Å². The fourth-order valence-corrected chi connectivity index (χ4v) is 3.66. The molecule has 1 rings (SSSR count). The third kappa shape index (κ3) is 6.34. The maximum absolute atomic E-state index is 12.2. The summed E-state index contributed by atoms with van der Waals surface area (Å²) in [7, 11) is -3.11. The van der Waals surface area contributed by atoms with Crippen molar-refractivity contribution in [2.75, 3.05) is 25.9 Å². The number of hydrogen-bond donors (Lipinski definition) is 1. The molecule has 1 unspecified atom stereocenters. The van der Waals surface area contributed by atoms with Crippen molar-refractivity contribution in [3.63, 3.8) is 0 Å². The van der Waals surface area contributed by atoms with E-state index in [0.29, 0.717) is 31.8 Å². The number of hydrogen-bond acceptors (Lipinski definition) is 3. The van der Waals surface area contributed by atoms with Gasteiger partial charge in [0.15, 0.2) is 0 Å². The molecular weight excluding hydrogens is 288 g/mol. The van der Waals surface area contributed by atoms with Crippen molar-refractivity contribution in [1.29, 1.82) is 0 Å². The number of unbranched alkanes of at least 4 members (excludes halogenated alkanes) is 1. The molecule has 1 amide bonds. The van der Waals surface area contributed by atoms with Gasteiger partial charge in [-0.15, -0.1) is 0 Å². The predicted molar refractivity (Wildman–Crippen MR) is 85.5 cm³/mol. The highest BCUT2D eigenvalue weighted by molar-refractivity contribution is 7.88. The van der Waals surface area contributed by atoms with Gasteiger partial charge in [-0.1, -0.05) is 33.1 Å². The van der Waals surface area contributed by atoms with E-state index in [4.69, 9.17) is 0 Å². The lowest BCUT2D eigenvalue weighted by Gasteiger charge is -2.29. The molecule has 1 aliphatic rings. The van der Waals surface area contributed by atoms with Gasteiger partial charge in [0.05, 0.1) is 6.26 Å². The third-order valence-corrected chi connectivity index (χ3v) is 5.71. The smallest absolute Gasteiger partial charge is 0.223 e. The number of carbonyl (C=O) groups excluding carboxylic acids is 1. The Morgan fingerprint density at radius 2 is 1.90 bits per heavy atom. The highest BCUT2D eigenvalue weighted by atomic mass is 32.2. The van der Waals surface area contributed by atoms with Gasteiger partial charge in [-0.05, 0) is 25.2 Å². The van der Waals surface area contributed by atoms with Crippen LogP contribution in [0.25, 0.3) is 0 Å². The summed E-state index contributed by atoms with van der Waals surface area (Å²) in [6.45, 7) is 6.02. The quantitative estimate of drug-likeness (QED) is 0.744. The molecule has 1 atom stereocenters. The standard InChI is InChI=1S/C15H30N2O3S/c1-4-6-7-13(5-2)12-16-15(18)14-8-10-17(11-9-14)21(3,19)20/h13-14H,4-12H2,1-3H3,(H,16,18). The van der Waals surface area contributed by atoms with Gasteiger partial charge in [0, 0.05) is 25.6 Å². The first-order valence-corrected chi connectivity index (χ1v) is 9.96. The molecule has 6 heteroatoms. The summed E-state index contributed by atoms with van der Waals surface area (Å²) in [6, 6.07) is 0. The number of sulfonamides is 1. The molecule has 0 aromatic carbocycles. The van der Waals surface area contributed by atoms with Gasteiger partial charge in [-0.25, -0.2) is 12.7 Å². The van der Waals surface area contributed by atoms with Gasteiger partial charge in [0.25, 0.3) is 0 Å². The van der Waals surface area contributed by atoms with Crippen LogP contribution in [0, 0.1) is 11.8 Å². The zero-order chi connectivity index (χ0) is 15.9. The third-order valence-electron chi connectivity index (χ3n) is 4.40. The number of carbonyl (C=O) groups is 1. The molecular formula is C15H30N2O3S. The van der Waals surface area contributed by atoms with Gasteiger partial charge < -0.3 is 5.32 Å². The first-order chi connectivity index (χ1) is 9.88. The van der Waals surface area contributed by atoms with Crippen LogP contribution >= 0.6 is 0 Å². The Balaban J connectivity index is 2.34. The Morgan fingerprint density at radius 1 is 1.29 bits per heavy atom. The van der Waals surface area contributed by atoms with Crippen molar-refractivity contribution in [1.82, 2.24) is 9.62 Å². The highest BCUT2D eigenvalue weighted by Gasteiger charge is 2.28. The Kier molecular flexibility index (Phi) is 7.66.